The summed E-state index contributed by atoms with van der Waals surface area (Å²) in [5, 5.41) is 2.48. The molecular weight excluding hydrogens is 381 g/mol. The number of hydrogen-bond donors (Lipinski definition) is 0. The average Bonchev–Trinajstić information content (AvgIpc) is 3.11. The van der Waals surface area contributed by atoms with Gasteiger partial charge in [-0.25, -0.2) is 4.98 Å². The number of carbonyl (C=O) groups is 1. The van der Waals surface area contributed by atoms with Gasteiger partial charge in [0.1, 0.15) is 0 Å². The molecule has 0 saturated heterocycles. The van der Waals surface area contributed by atoms with E-state index in [-0.39, 0.29) is 22.6 Å². The van der Waals surface area contributed by atoms with E-state index >= 15 is 0 Å². The summed E-state index contributed by atoms with van der Waals surface area (Å²) < 4.78 is 37.3. The van der Waals surface area contributed by atoms with Crippen LogP contribution in [-0.2, 0) is 4.79 Å². The largest absolute Gasteiger partial charge is 0.446 e. The van der Waals surface area contributed by atoms with Gasteiger partial charge in [0.15, 0.2) is 5.13 Å². The summed E-state index contributed by atoms with van der Waals surface area (Å²) in [6.07, 6.45) is 4.62. The number of halogens is 3. The number of benzene rings is 1. The van der Waals surface area contributed by atoms with Gasteiger partial charge in [0.25, 0.3) is 0 Å². The zero-order valence-electron chi connectivity index (χ0n) is 14.6. The number of aromatic nitrogens is 1. The number of hydrogen-bond acceptors (Lipinski definition) is 4. The van der Waals surface area contributed by atoms with Crippen molar-refractivity contribution >= 4 is 34.1 Å². The van der Waals surface area contributed by atoms with E-state index in [9.17, 15) is 18.0 Å². The van der Waals surface area contributed by atoms with E-state index in [1.54, 1.807) is 30.2 Å². The van der Waals surface area contributed by atoms with Crippen LogP contribution in [-0.4, -0.2) is 22.9 Å². The fraction of sp³-hybridized carbons (Fsp3) is 0.444. The lowest BCUT2D eigenvalue weighted by atomic mass is 10.00. The second kappa shape index (κ2) is 9.41. The molecule has 3 nitrogen and oxygen atoms in total. The Morgan fingerprint density at radius 2 is 1.96 bits per heavy atom. The lowest BCUT2D eigenvalue weighted by Gasteiger charge is -2.24. The molecule has 0 aliphatic heterocycles. The highest BCUT2D eigenvalue weighted by Crippen LogP contribution is 2.37. The second-order valence-corrected chi connectivity index (χ2v) is 7.86. The van der Waals surface area contributed by atoms with Gasteiger partial charge in [-0.05, 0) is 42.8 Å². The third kappa shape index (κ3) is 6.02. The lowest BCUT2D eigenvalue weighted by Crippen LogP contribution is -2.35. The first-order chi connectivity index (χ1) is 12.3. The Bertz CT molecular complexity index is 687. The average molecular weight is 403 g/mol. The van der Waals surface area contributed by atoms with Crippen LogP contribution in [0.5, 0.6) is 0 Å². The zero-order chi connectivity index (χ0) is 19.2. The monoisotopic (exact) mass is 402 g/mol. The minimum Gasteiger partial charge on any atom is -0.288 e. The molecule has 0 aliphatic carbocycles. The highest BCUT2D eigenvalue weighted by atomic mass is 32.2. The van der Waals surface area contributed by atoms with E-state index in [0.29, 0.717) is 17.2 Å². The number of nitrogens with zero attached hydrogens (tertiary/aromatic N) is 2. The molecule has 0 fully saturated rings. The molecule has 0 aliphatic rings. The van der Waals surface area contributed by atoms with Gasteiger partial charge in [-0.3, -0.25) is 9.69 Å². The van der Waals surface area contributed by atoms with Gasteiger partial charge in [-0.15, -0.1) is 11.3 Å². The van der Waals surface area contributed by atoms with Crippen LogP contribution in [0, 0.1) is 0 Å². The van der Waals surface area contributed by atoms with Crippen molar-refractivity contribution in [3.63, 3.8) is 0 Å². The maximum Gasteiger partial charge on any atom is 0.446 e. The van der Waals surface area contributed by atoms with Gasteiger partial charge in [-0.1, -0.05) is 31.9 Å². The first-order valence-electron chi connectivity index (χ1n) is 8.38. The molecule has 0 spiro atoms. The van der Waals surface area contributed by atoms with Gasteiger partial charge < -0.3 is 0 Å². The van der Waals surface area contributed by atoms with Gasteiger partial charge in [0.05, 0.1) is 5.92 Å². The predicted molar refractivity (Wildman–Crippen MR) is 101 cm³/mol. The summed E-state index contributed by atoms with van der Waals surface area (Å²) in [6, 6.07) is 5.98. The van der Waals surface area contributed by atoms with Crippen LogP contribution in [0.4, 0.5) is 18.3 Å². The fourth-order valence-corrected chi connectivity index (χ4v) is 3.72. The minimum atomic E-state index is -4.32. The minimum absolute atomic E-state index is 0.0905. The number of anilines is 1. The molecule has 8 heteroatoms. The molecule has 1 amide bonds. The SMILES string of the molecule is CCCCCN(C(=O)C(C)c1ccc(SC(F)(F)F)cc1)c1nccs1. The first-order valence-corrected chi connectivity index (χ1v) is 10.1. The molecule has 1 atom stereocenters. The molecule has 0 radical (unpaired) electrons. The Morgan fingerprint density at radius 3 is 2.50 bits per heavy atom. The molecular formula is C18H21F3N2OS2. The van der Waals surface area contributed by atoms with Crippen LogP contribution in [0.3, 0.4) is 0 Å². The summed E-state index contributed by atoms with van der Waals surface area (Å²) in [7, 11) is 0. The van der Waals surface area contributed by atoms with Gasteiger partial charge in [0.2, 0.25) is 5.91 Å². The second-order valence-electron chi connectivity index (χ2n) is 5.85. The number of unbranched alkanes of at least 4 members (excludes halogenated alkanes) is 2. The van der Waals surface area contributed by atoms with Crippen molar-refractivity contribution in [2.24, 2.45) is 0 Å². The highest BCUT2D eigenvalue weighted by Gasteiger charge is 2.29. The van der Waals surface area contributed by atoms with E-state index in [4.69, 9.17) is 0 Å². The molecule has 0 bridgehead atoms. The number of carbonyl (C=O) groups excluding carboxylic acids is 1. The standard InChI is InChI=1S/C18H21F3N2OS2/c1-3-4-5-11-23(17-22-10-12-25-17)16(24)13(2)14-6-8-15(9-7-14)26-18(19,20)21/h6-10,12-13H,3-5,11H2,1-2H3. The molecule has 2 aromatic rings. The van der Waals surface area contributed by atoms with Gasteiger partial charge in [0, 0.05) is 23.0 Å². The van der Waals surface area contributed by atoms with Crippen molar-refractivity contribution in [1.29, 1.82) is 0 Å². The van der Waals surface area contributed by atoms with Crippen LogP contribution in [0.1, 0.15) is 44.6 Å². The normalized spacial score (nSPS) is 12.8. The van der Waals surface area contributed by atoms with Crippen LogP contribution in [0.15, 0.2) is 40.7 Å². The summed E-state index contributed by atoms with van der Waals surface area (Å²) in [4.78, 5) is 19.0. The Hall–Kier alpha value is -1.54. The van der Waals surface area contributed by atoms with E-state index in [2.05, 4.69) is 11.9 Å². The third-order valence-corrected chi connectivity index (χ3v) is 5.42. The Morgan fingerprint density at radius 1 is 1.27 bits per heavy atom. The number of amides is 1. The Kier molecular flexibility index (Phi) is 7.52. The van der Waals surface area contributed by atoms with E-state index in [1.165, 1.54) is 23.5 Å². The van der Waals surface area contributed by atoms with Crippen LogP contribution in [0.25, 0.3) is 0 Å². The number of thioether (sulfide) groups is 1. The zero-order valence-corrected chi connectivity index (χ0v) is 16.3. The quantitative estimate of drug-likeness (QED) is 0.396. The fourth-order valence-electron chi connectivity index (χ4n) is 2.50. The molecule has 1 heterocycles. The summed E-state index contributed by atoms with van der Waals surface area (Å²) in [6.45, 7) is 4.46. The van der Waals surface area contributed by atoms with Gasteiger partial charge >= 0.3 is 5.51 Å². The Labute approximate surface area is 159 Å². The molecule has 1 aromatic heterocycles. The van der Waals surface area contributed by atoms with E-state index in [0.717, 1.165) is 19.3 Å². The van der Waals surface area contributed by atoms with Crippen LogP contribution >= 0.6 is 23.1 Å². The lowest BCUT2D eigenvalue weighted by molar-refractivity contribution is -0.119. The van der Waals surface area contributed by atoms with Crippen molar-refractivity contribution in [2.45, 2.75) is 49.4 Å². The molecule has 1 aromatic carbocycles. The Balaban J connectivity index is 2.12. The predicted octanol–water partition coefficient (Wildman–Crippen LogP) is 6.08. The van der Waals surface area contributed by atoms with Crippen molar-refractivity contribution in [1.82, 2.24) is 4.98 Å². The topological polar surface area (TPSA) is 33.2 Å². The maximum absolute atomic E-state index is 13.0. The van der Waals surface area contributed by atoms with Crippen LogP contribution in [0.2, 0.25) is 0 Å². The number of alkyl halides is 3. The van der Waals surface area contributed by atoms with Gasteiger partial charge in [-0.2, -0.15) is 13.2 Å². The summed E-state index contributed by atoms with van der Waals surface area (Å²) in [5.41, 5.74) is -3.62. The van der Waals surface area contributed by atoms with E-state index in [1.807, 2.05) is 5.38 Å². The molecule has 2 rings (SSSR count). The maximum atomic E-state index is 13.0. The molecule has 0 N–H and O–H groups in total. The number of thiazole rings is 1. The first kappa shape index (κ1) is 20.8. The molecule has 0 saturated carbocycles. The van der Waals surface area contributed by atoms with E-state index < -0.39 is 11.4 Å². The van der Waals surface area contributed by atoms with Crippen molar-refractivity contribution < 1.29 is 18.0 Å². The smallest absolute Gasteiger partial charge is 0.288 e. The molecule has 142 valence electrons. The highest BCUT2D eigenvalue weighted by molar-refractivity contribution is 8.00. The van der Waals surface area contributed by atoms with Crippen molar-refractivity contribution in [3.05, 3.63) is 41.4 Å². The van der Waals surface area contributed by atoms with Crippen molar-refractivity contribution in [2.75, 3.05) is 11.4 Å². The number of rotatable bonds is 8. The summed E-state index contributed by atoms with van der Waals surface area (Å²) in [5.74, 6) is -0.544. The third-order valence-electron chi connectivity index (χ3n) is 3.89. The molecule has 1 unspecified atom stereocenters. The summed E-state index contributed by atoms with van der Waals surface area (Å²) >= 11 is 1.25. The van der Waals surface area contributed by atoms with Crippen molar-refractivity contribution in [3.8, 4) is 0 Å². The van der Waals surface area contributed by atoms with Crippen LogP contribution < -0.4 is 4.90 Å². The molecule has 26 heavy (non-hydrogen) atoms.